The Morgan fingerprint density at radius 3 is 2.64 bits per heavy atom. The van der Waals surface area contributed by atoms with Crippen LogP contribution in [0.3, 0.4) is 0 Å². The van der Waals surface area contributed by atoms with Gasteiger partial charge in [0, 0.05) is 45.8 Å². The van der Waals surface area contributed by atoms with Gasteiger partial charge in [-0.25, -0.2) is 4.98 Å². The number of carbonyl (C=O) groups excluding carboxylic acids is 1. The van der Waals surface area contributed by atoms with Gasteiger partial charge in [-0.05, 0) is 52.9 Å². The molecule has 1 aromatic carbocycles. The van der Waals surface area contributed by atoms with E-state index in [1.165, 1.54) is 16.7 Å². The molecule has 1 fully saturated rings. The van der Waals surface area contributed by atoms with Gasteiger partial charge in [-0.3, -0.25) is 14.7 Å². The fourth-order valence-electron chi connectivity index (χ4n) is 5.83. The maximum Gasteiger partial charge on any atom is 0.223 e. The van der Waals surface area contributed by atoms with Crippen LogP contribution in [-0.2, 0) is 11.8 Å². The second-order valence-corrected chi connectivity index (χ2v) is 12.0. The van der Waals surface area contributed by atoms with Gasteiger partial charge in [-0.2, -0.15) is 0 Å². The van der Waals surface area contributed by atoms with Crippen LogP contribution >= 0.6 is 0 Å². The smallest absolute Gasteiger partial charge is 0.223 e. The molecule has 1 N–H and O–H groups in total. The number of fused-ring (bicyclic) bond motifs is 2. The van der Waals surface area contributed by atoms with Crippen LogP contribution in [0.4, 0.5) is 0 Å². The Morgan fingerprint density at radius 1 is 1.21 bits per heavy atom. The molecule has 1 aliphatic carbocycles. The number of hydrogen-bond acceptors (Lipinski definition) is 5. The van der Waals surface area contributed by atoms with Crippen LogP contribution in [0.2, 0.25) is 0 Å². The highest BCUT2D eigenvalue weighted by atomic mass is 16.2. The van der Waals surface area contributed by atoms with Gasteiger partial charge in [0.05, 0.1) is 36.0 Å². The Bertz CT molecular complexity index is 1390. The Hall–Kier alpha value is -3.71. The number of nitrogens with zero attached hydrogens (tertiary/aromatic N) is 5. The summed E-state index contributed by atoms with van der Waals surface area (Å²) in [4.78, 5) is 26.9. The highest BCUT2D eigenvalue weighted by molar-refractivity contribution is 5.89. The number of amides is 1. The summed E-state index contributed by atoms with van der Waals surface area (Å²) in [5.74, 6) is 0.246. The lowest BCUT2D eigenvalue weighted by Crippen LogP contribution is -2.50. The molecule has 7 nitrogen and oxygen atoms in total. The molecule has 0 spiro atoms. The first-order valence-corrected chi connectivity index (χ1v) is 13.8. The van der Waals surface area contributed by atoms with E-state index in [0.717, 1.165) is 48.7 Å². The predicted molar refractivity (Wildman–Crippen MR) is 157 cm³/mol. The molecule has 204 valence electrons. The summed E-state index contributed by atoms with van der Waals surface area (Å²) in [7, 11) is 2.02. The lowest BCUT2D eigenvalue weighted by Gasteiger charge is -2.40. The van der Waals surface area contributed by atoms with Crippen molar-refractivity contribution in [2.45, 2.75) is 46.2 Å². The first-order chi connectivity index (χ1) is 18.7. The van der Waals surface area contributed by atoms with Crippen molar-refractivity contribution < 1.29 is 4.79 Å². The zero-order valence-corrected chi connectivity index (χ0v) is 23.8. The van der Waals surface area contributed by atoms with Crippen LogP contribution in [-0.4, -0.2) is 56.4 Å². The van der Waals surface area contributed by atoms with Crippen molar-refractivity contribution in [2.75, 3.05) is 26.2 Å². The molecule has 5 rings (SSSR count). The van der Waals surface area contributed by atoms with Crippen molar-refractivity contribution in [3.63, 3.8) is 0 Å². The van der Waals surface area contributed by atoms with E-state index in [1.807, 2.05) is 36.7 Å². The van der Waals surface area contributed by atoms with Crippen LogP contribution in [0.5, 0.6) is 0 Å². The molecule has 1 amide bonds. The Kier molecular flexibility index (Phi) is 7.45. The molecule has 1 unspecified atom stereocenters. The van der Waals surface area contributed by atoms with E-state index in [4.69, 9.17) is 4.98 Å². The van der Waals surface area contributed by atoms with E-state index in [1.54, 1.807) is 6.20 Å². The van der Waals surface area contributed by atoms with Gasteiger partial charge in [0.25, 0.3) is 0 Å². The molecule has 39 heavy (non-hydrogen) atoms. The molecule has 0 saturated carbocycles. The lowest BCUT2D eigenvalue weighted by molar-refractivity contribution is -0.135. The van der Waals surface area contributed by atoms with E-state index in [-0.39, 0.29) is 23.4 Å². The zero-order valence-electron chi connectivity index (χ0n) is 23.8. The molecule has 3 aromatic rings. The van der Waals surface area contributed by atoms with Crippen LogP contribution in [0.25, 0.3) is 11.6 Å². The SMILES string of the molecule is C=CNC(C1=Cc2cccnc2[C@@H](N2CCN(C(=O)CC(C)(C)C)CC2)c2ccc(C)cc21)c1cncn1C. The summed E-state index contributed by atoms with van der Waals surface area (Å²) in [5, 5.41) is 3.50. The molecule has 1 aliphatic heterocycles. The maximum absolute atomic E-state index is 13.0. The number of aromatic nitrogens is 3. The number of pyridine rings is 1. The Morgan fingerprint density at radius 2 is 1.97 bits per heavy atom. The average Bonchev–Trinajstić information content (AvgIpc) is 3.26. The topological polar surface area (TPSA) is 66.3 Å². The van der Waals surface area contributed by atoms with Crippen LogP contribution in [0, 0.1) is 12.3 Å². The predicted octanol–water partition coefficient (Wildman–Crippen LogP) is 5.12. The zero-order chi connectivity index (χ0) is 27.7. The molecule has 2 atom stereocenters. The van der Waals surface area contributed by atoms with Crippen molar-refractivity contribution in [3.8, 4) is 0 Å². The standard InChI is InChI=1S/C32H40N6O/c1-7-34-30(27-20-33-21-36(27)6)26-18-23-9-8-12-35-29(23)31(24-11-10-22(2)17-25(24)26)38-15-13-37(14-16-38)28(39)19-32(3,4)5/h7-12,17-18,20-21,30-31,34H,1,13-16,19H2,2-6H3/t30?,31-/m0/s1. The largest absolute Gasteiger partial charge is 0.379 e. The molecular formula is C32H40N6O. The minimum Gasteiger partial charge on any atom is -0.379 e. The number of piperazine rings is 1. The molecule has 1 saturated heterocycles. The highest BCUT2D eigenvalue weighted by Gasteiger charge is 2.35. The summed E-state index contributed by atoms with van der Waals surface area (Å²) in [6.45, 7) is 15.6. The van der Waals surface area contributed by atoms with Crippen LogP contribution in [0.1, 0.15) is 72.9 Å². The average molecular weight is 525 g/mol. The Balaban J connectivity index is 1.57. The normalized spacial score (nSPS) is 18.4. The van der Waals surface area contributed by atoms with Gasteiger partial charge in [-0.15, -0.1) is 0 Å². The van der Waals surface area contributed by atoms with Gasteiger partial charge in [0.1, 0.15) is 0 Å². The maximum atomic E-state index is 13.0. The fourth-order valence-corrected chi connectivity index (χ4v) is 5.83. The van der Waals surface area contributed by atoms with Gasteiger partial charge in [0.2, 0.25) is 5.91 Å². The van der Waals surface area contributed by atoms with Gasteiger partial charge >= 0.3 is 0 Å². The summed E-state index contributed by atoms with van der Waals surface area (Å²) in [6.07, 6.45) is 10.2. The minimum absolute atomic E-state index is 0.0127. The number of benzene rings is 1. The number of hydrogen-bond donors (Lipinski definition) is 1. The van der Waals surface area contributed by atoms with Gasteiger partial charge in [-0.1, -0.05) is 57.2 Å². The van der Waals surface area contributed by atoms with Crippen molar-refractivity contribution in [1.82, 2.24) is 29.7 Å². The Labute approximate surface area is 232 Å². The number of rotatable bonds is 6. The summed E-state index contributed by atoms with van der Waals surface area (Å²) < 4.78 is 2.05. The summed E-state index contributed by atoms with van der Waals surface area (Å²) in [6, 6.07) is 10.8. The van der Waals surface area contributed by atoms with E-state index in [9.17, 15) is 4.79 Å². The number of aryl methyl sites for hydroxylation is 2. The van der Waals surface area contributed by atoms with E-state index in [2.05, 4.69) is 84.4 Å². The van der Waals surface area contributed by atoms with Crippen molar-refractivity contribution in [2.24, 2.45) is 12.5 Å². The van der Waals surface area contributed by atoms with E-state index < -0.39 is 0 Å². The van der Waals surface area contributed by atoms with Gasteiger partial charge in [0.15, 0.2) is 0 Å². The highest BCUT2D eigenvalue weighted by Crippen LogP contribution is 2.43. The first kappa shape index (κ1) is 26.9. The summed E-state index contributed by atoms with van der Waals surface area (Å²) in [5.41, 5.74) is 8.00. The minimum atomic E-state index is -0.130. The lowest BCUT2D eigenvalue weighted by atomic mass is 9.88. The molecule has 2 aromatic heterocycles. The molecular weight excluding hydrogens is 484 g/mol. The van der Waals surface area contributed by atoms with Crippen LogP contribution in [0.15, 0.2) is 61.8 Å². The molecule has 0 radical (unpaired) electrons. The second kappa shape index (κ2) is 10.8. The third-order valence-electron chi connectivity index (χ3n) is 7.71. The van der Waals surface area contributed by atoms with Crippen molar-refractivity contribution in [1.29, 1.82) is 0 Å². The van der Waals surface area contributed by atoms with Crippen LogP contribution < -0.4 is 5.32 Å². The van der Waals surface area contributed by atoms with Crippen molar-refractivity contribution in [3.05, 3.63) is 95.5 Å². The monoisotopic (exact) mass is 524 g/mol. The third kappa shape index (κ3) is 5.55. The fraction of sp³-hybridized carbons (Fsp3) is 0.406. The number of nitrogens with one attached hydrogen (secondary N) is 1. The number of imidazole rings is 1. The molecule has 3 heterocycles. The molecule has 0 bridgehead atoms. The molecule has 7 heteroatoms. The van der Waals surface area contributed by atoms with Crippen molar-refractivity contribution >= 4 is 17.6 Å². The molecule has 2 aliphatic rings. The van der Waals surface area contributed by atoms with E-state index >= 15 is 0 Å². The van der Waals surface area contributed by atoms with Gasteiger partial charge < -0.3 is 14.8 Å². The first-order valence-electron chi connectivity index (χ1n) is 13.8. The third-order valence-corrected chi connectivity index (χ3v) is 7.71. The number of carbonyl (C=O) groups is 1. The van der Waals surface area contributed by atoms with E-state index in [0.29, 0.717) is 6.42 Å². The quantitative estimate of drug-likeness (QED) is 0.485. The summed E-state index contributed by atoms with van der Waals surface area (Å²) >= 11 is 0. The second-order valence-electron chi connectivity index (χ2n) is 12.0.